The predicted molar refractivity (Wildman–Crippen MR) is 74.8 cm³/mol. The number of morpholine rings is 1. The summed E-state index contributed by atoms with van der Waals surface area (Å²) in [5.74, 6) is 0.893. The van der Waals surface area contributed by atoms with E-state index >= 15 is 0 Å². The molecule has 0 radical (unpaired) electrons. The molecule has 104 valence electrons. The lowest BCUT2D eigenvalue weighted by molar-refractivity contribution is -0.124. The molecule has 1 N–H and O–H groups in total. The number of hydrogen-bond donors (Lipinski definition) is 1. The van der Waals surface area contributed by atoms with Gasteiger partial charge in [0.1, 0.15) is 0 Å². The minimum atomic E-state index is 0.202. The molecule has 3 fully saturated rings. The summed E-state index contributed by atoms with van der Waals surface area (Å²) in [7, 11) is 0. The lowest BCUT2D eigenvalue weighted by Crippen LogP contribution is -2.60. The summed E-state index contributed by atoms with van der Waals surface area (Å²) >= 11 is 0. The SMILES string of the molecule is C1CCCC2(CCC1)OCCNC2C1CCCC1. The smallest absolute Gasteiger partial charge is 0.0838 e. The van der Waals surface area contributed by atoms with Gasteiger partial charge in [-0.2, -0.15) is 0 Å². The molecule has 0 aromatic rings. The van der Waals surface area contributed by atoms with Crippen LogP contribution >= 0.6 is 0 Å². The molecule has 0 aromatic carbocycles. The Labute approximate surface area is 112 Å². The third-order valence-corrected chi connectivity index (χ3v) is 5.49. The third-order valence-electron chi connectivity index (χ3n) is 5.49. The summed E-state index contributed by atoms with van der Waals surface area (Å²) in [4.78, 5) is 0. The topological polar surface area (TPSA) is 21.3 Å². The van der Waals surface area contributed by atoms with E-state index in [1.165, 1.54) is 70.6 Å². The van der Waals surface area contributed by atoms with Crippen molar-refractivity contribution in [1.29, 1.82) is 0 Å². The largest absolute Gasteiger partial charge is 0.372 e. The summed E-state index contributed by atoms with van der Waals surface area (Å²) in [6, 6.07) is 0.659. The van der Waals surface area contributed by atoms with Crippen LogP contribution in [0.5, 0.6) is 0 Å². The zero-order valence-corrected chi connectivity index (χ0v) is 11.8. The fourth-order valence-electron chi connectivity index (χ4n) is 4.59. The van der Waals surface area contributed by atoms with Crippen molar-refractivity contribution in [3.63, 3.8) is 0 Å². The first-order chi connectivity index (χ1) is 8.91. The van der Waals surface area contributed by atoms with Crippen LogP contribution < -0.4 is 5.32 Å². The van der Waals surface area contributed by atoms with Crippen LogP contribution in [0.25, 0.3) is 0 Å². The first-order valence-electron chi connectivity index (χ1n) is 8.28. The fraction of sp³-hybridized carbons (Fsp3) is 1.00. The van der Waals surface area contributed by atoms with Crippen molar-refractivity contribution >= 4 is 0 Å². The summed E-state index contributed by atoms with van der Waals surface area (Å²) in [6.07, 6.45) is 15.4. The third kappa shape index (κ3) is 2.60. The van der Waals surface area contributed by atoms with Gasteiger partial charge in [0.15, 0.2) is 0 Å². The van der Waals surface area contributed by atoms with Crippen molar-refractivity contribution in [2.45, 2.75) is 82.3 Å². The molecule has 1 spiro atoms. The molecule has 2 saturated carbocycles. The Balaban J connectivity index is 1.74. The van der Waals surface area contributed by atoms with Crippen LogP contribution in [-0.4, -0.2) is 24.8 Å². The van der Waals surface area contributed by atoms with Gasteiger partial charge in [0.2, 0.25) is 0 Å². The van der Waals surface area contributed by atoms with Crippen molar-refractivity contribution in [3.8, 4) is 0 Å². The second kappa shape index (κ2) is 5.92. The zero-order valence-electron chi connectivity index (χ0n) is 11.8. The Kier molecular flexibility index (Phi) is 4.25. The second-order valence-electron chi connectivity index (χ2n) is 6.66. The Morgan fingerprint density at radius 3 is 2.22 bits per heavy atom. The molecular weight excluding hydrogens is 222 g/mol. The van der Waals surface area contributed by atoms with Crippen molar-refractivity contribution in [1.82, 2.24) is 5.32 Å². The molecule has 3 rings (SSSR count). The lowest BCUT2D eigenvalue weighted by atomic mass is 9.75. The molecule has 1 unspecified atom stereocenters. The van der Waals surface area contributed by atoms with Crippen molar-refractivity contribution in [2.24, 2.45) is 5.92 Å². The predicted octanol–water partition coefficient (Wildman–Crippen LogP) is 3.65. The summed E-state index contributed by atoms with van der Waals surface area (Å²) in [5, 5.41) is 3.84. The normalized spacial score (nSPS) is 34.3. The Bertz CT molecular complexity index is 252. The van der Waals surface area contributed by atoms with Crippen molar-refractivity contribution < 1.29 is 4.74 Å². The van der Waals surface area contributed by atoms with Crippen LogP contribution in [0.15, 0.2) is 0 Å². The molecule has 1 aliphatic heterocycles. The molecule has 3 aliphatic rings. The average Bonchev–Trinajstić information content (AvgIpc) is 2.88. The van der Waals surface area contributed by atoms with E-state index in [9.17, 15) is 0 Å². The number of rotatable bonds is 1. The quantitative estimate of drug-likeness (QED) is 0.768. The summed E-state index contributed by atoms with van der Waals surface area (Å²) < 4.78 is 6.40. The highest BCUT2D eigenvalue weighted by atomic mass is 16.5. The monoisotopic (exact) mass is 251 g/mol. The van der Waals surface area contributed by atoms with E-state index in [4.69, 9.17) is 4.74 Å². The Morgan fingerprint density at radius 2 is 1.50 bits per heavy atom. The Morgan fingerprint density at radius 1 is 0.833 bits per heavy atom. The first-order valence-corrected chi connectivity index (χ1v) is 8.28. The van der Waals surface area contributed by atoms with E-state index in [2.05, 4.69) is 5.32 Å². The zero-order chi connectivity index (χ0) is 12.3. The van der Waals surface area contributed by atoms with Crippen LogP contribution in [0.4, 0.5) is 0 Å². The van der Waals surface area contributed by atoms with Gasteiger partial charge in [-0.25, -0.2) is 0 Å². The molecule has 18 heavy (non-hydrogen) atoms. The minimum Gasteiger partial charge on any atom is -0.372 e. The lowest BCUT2D eigenvalue weighted by Gasteiger charge is -2.48. The van der Waals surface area contributed by atoms with Crippen molar-refractivity contribution in [2.75, 3.05) is 13.2 Å². The van der Waals surface area contributed by atoms with Gasteiger partial charge < -0.3 is 10.1 Å². The molecule has 1 heterocycles. The van der Waals surface area contributed by atoms with Gasteiger partial charge in [-0.3, -0.25) is 0 Å². The van der Waals surface area contributed by atoms with Gasteiger partial charge in [-0.1, -0.05) is 44.9 Å². The average molecular weight is 251 g/mol. The molecule has 2 nitrogen and oxygen atoms in total. The number of ether oxygens (including phenoxy) is 1. The van der Waals surface area contributed by atoms with Crippen LogP contribution in [0.3, 0.4) is 0 Å². The van der Waals surface area contributed by atoms with Gasteiger partial charge in [-0.05, 0) is 31.6 Å². The standard InChI is InChI=1S/C16H29NO/c1-2-6-10-16(11-7-3-1)15(17-12-13-18-16)14-8-4-5-9-14/h14-15,17H,1-13H2. The van der Waals surface area contributed by atoms with Gasteiger partial charge in [0.25, 0.3) is 0 Å². The molecule has 1 atom stereocenters. The van der Waals surface area contributed by atoms with Crippen LogP contribution in [0, 0.1) is 5.92 Å². The molecule has 2 aliphatic carbocycles. The maximum Gasteiger partial charge on any atom is 0.0838 e. The Hall–Kier alpha value is -0.0800. The van der Waals surface area contributed by atoms with Crippen LogP contribution in [0.1, 0.15) is 70.6 Å². The van der Waals surface area contributed by atoms with Gasteiger partial charge in [0.05, 0.1) is 12.2 Å². The maximum atomic E-state index is 6.40. The highest BCUT2D eigenvalue weighted by molar-refractivity contribution is 5.00. The van der Waals surface area contributed by atoms with E-state index in [0.717, 1.165) is 19.1 Å². The minimum absolute atomic E-state index is 0.202. The van der Waals surface area contributed by atoms with Crippen molar-refractivity contribution in [3.05, 3.63) is 0 Å². The summed E-state index contributed by atoms with van der Waals surface area (Å²) in [6.45, 7) is 2.01. The van der Waals surface area contributed by atoms with E-state index < -0.39 is 0 Å². The van der Waals surface area contributed by atoms with Gasteiger partial charge in [-0.15, -0.1) is 0 Å². The first kappa shape index (κ1) is 12.9. The molecule has 0 aromatic heterocycles. The summed E-state index contributed by atoms with van der Waals surface area (Å²) in [5.41, 5.74) is 0.202. The van der Waals surface area contributed by atoms with E-state index in [1.54, 1.807) is 0 Å². The second-order valence-corrected chi connectivity index (χ2v) is 6.66. The molecule has 0 amide bonds. The van der Waals surface area contributed by atoms with Gasteiger partial charge >= 0.3 is 0 Å². The molecule has 2 heteroatoms. The fourth-order valence-corrected chi connectivity index (χ4v) is 4.59. The van der Waals surface area contributed by atoms with Crippen LogP contribution in [0.2, 0.25) is 0 Å². The number of nitrogens with one attached hydrogen (secondary N) is 1. The van der Waals surface area contributed by atoms with E-state index in [1.807, 2.05) is 0 Å². The maximum absolute atomic E-state index is 6.40. The molecule has 1 saturated heterocycles. The van der Waals surface area contributed by atoms with Gasteiger partial charge in [0, 0.05) is 12.6 Å². The van der Waals surface area contributed by atoms with E-state index in [-0.39, 0.29) is 5.60 Å². The molecule has 0 bridgehead atoms. The van der Waals surface area contributed by atoms with E-state index in [0.29, 0.717) is 6.04 Å². The van der Waals surface area contributed by atoms with Crippen LogP contribution in [-0.2, 0) is 4.74 Å². The number of hydrogen-bond acceptors (Lipinski definition) is 2. The highest BCUT2D eigenvalue weighted by Crippen LogP contribution is 2.41. The molecular formula is C16H29NO. The highest BCUT2D eigenvalue weighted by Gasteiger charge is 2.45.